The van der Waals surface area contributed by atoms with Crippen LogP contribution in [0.2, 0.25) is 5.02 Å². The second-order valence-corrected chi connectivity index (χ2v) is 4.49. The highest BCUT2D eigenvalue weighted by atomic mass is 35.5. The summed E-state index contributed by atoms with van der Waals surface area (Å²) in [7, 11) is 0. The zero-order valence-corrected chi connectivity index (χ0v) is 11.6. The lowest BCUT2D eigenvalue weighted by molar-refractivity contribution is -0.148. The van der Waals surface area contributed by atoms with Crippen molar-refractivity contribution in [2.75, 3.05) is 13.1 Å². The second-order valence-electron chi connectivity index (χ2n) is 4.06. The van der Waals surface area contributed by atoms with Crippen molar-refractivity contribution in [1.29, 1.82) is 0 Å². The zero-order valence-electron chi connectivity index (χ0n) is 10.8. The van der Waals surface area contributed by atoms with Crippen molar-refractivity contribution in [2.24, 2.45) is 5.73 Å². The lowest BCUT2D eigenvalue weighted by Gasteiger charge is -2.14. The topological polar surface area (TPSA) is 92.5 Å². The van der Waals surface area contributed by atoms with Gasteiger partial charge < -0.3 is 11.1 Å². The van der Waals surface area contributed by atoms with Gasteiger partial charge in [-0.1, -0.05) is 23.7 Å². The maximum absolute atomic E-state index is 11.7. The third-order valence-electron chi connectivity index (χ3n) is 2.55. The SMILES string of the molecule is NCCCN(C=O)C(=O)C(=O)NCc1ccc(Cl)cc1. The molecule has 0 saturated heterocycles. The van der Waals surface area contributed by atoms with Gasteiger partial charge in [-0.3, -0.25) is 19.3 Å². The number of carbonyl (C=O) groups excluding carboxylic acids is 3. The Morgan fingerprint density at radius 2 is 1.95 bits per heavy atom. The predicted octanol–water partition coefficient (Wildman–Crippen LogP) is 0.290. The van der Waals surface area contributed by atoms with Crippen LogP contribution in [0.3, 0.4) is 0 Å². The molecule has 0 atom stereocenters. The lowest BCUT2D eigenvalue weighted by atomic mass is 10.2. The van der Waals surface area contributed by atoms with Gasteiger partial charge in [-0.2, -0.15) is 0 Å². The first kappa shape index (κ1) is 16.1. The molecular formula is C13H16ClN3O3. The minimum absolute atomic E-state index is 0.132. The van der Waals surface area contributed by atoms with E-state index in [1.165, 1.54) is 0 Å². The molecule has 6 nitrogen and oxygen atoms in total. The van der Waals surface area contributed by atoms with Crippen LogP contribution in [-0.2, 0) is 20.9 Å². The average molecular weight is 298 g/mol. The molecule has 1 aromatic carbocycles. The third-order valence-corrected chi connectivity index (χ3v) is 2.80. The lowest BCUT2D eigenvalue weighted by Crippen LogP contribution is -2.42. The van der Waals surface area contributed by atoms with Crippen LogP contribution in [0.5, 0.6) is 0 Å². The number of nitrogens with two attached hydrogens (primary N) is 1. The van der Waals surface area contributed by atoms with Gasteiger partial charge in [-0.25, -0.2) is 0 Å². The van der Waals surface area contributed by atoms with E-state index in [9.17, 15) is 14.4 Å². The molecule has 0 fully saturated rings. The fourth-order valence-electron chi connectivity index (χ4n) is 1.45. The Labute approximate surface area is 121 Å². The zero-order chi connectivity index (χ0) is 15.0. The summed E-state index contributed by atoms with van der Waals surface area (Å²) in [5, 5.41) is 3.03. The summed E-state index contributed by atoms with van der Waals surface area (Å²) >= 11 is 5.74. The molecule has 7 heteroatoms. The molecule has 1 rings (SSSR count). The number of amides is 3. The highest BCUT2D eigenvalue weighted by Gasteiger charge is 2.20. The predicted molar refractivity (Wildman–Crippen MR) is 74.7 cm³/mol. The van der Waals surface area contributed by atoms with Crippen LogP contribution in [0.1, 0.15) is 12.0 Å². The summed E-state index contributed by atoms with van der Waals surface area (Å²) in [6.07, 6.45) is 0.787. The fourth-order valence-corrected chi connectivity index (χ4v) is 1.58. The molecule has 0 bridgehead atoms. The van der Waals surface area contributed by atoms with E-state index >= 15 is 0 Å². The van der Waals surface area contributed by atoms with Gasteiger partial charge in [0.1, 0.15) is 0 Å². The minimum Gasteiger partial charge on any atom is -0.344 e. The standard InChI is InChI=1S/C13H16ClN3O3/c14-11-4-2-10(3-5-11)8-16-12(19)13(20)17(9-18)7-1-6-15/h2-5,9H,1,6-8,15H2,(H,16,19). The molecule has 1 aromatic rings. The van der Waals surface area contributed by atoms with E-state index in [-0.39, 0.29) is 13.1 Å². The Balaban J connectivity index is 2.50. The van der Waals surface area contributed by atoms with Gasteiger partial charge in [0.05, 0.1) is 0 Å². The molecular weight excluding hydrogens is 282 g/mol. The fraction of sp³-hybridized carbons (Fsp3) is 0.308. The Morgan fingerprint density at radius 3 is 2.50 bits per heavy atom. The van der Waals surface area contributed by atoms with E-state index in [4.69, 9.17) is 17.3 Å². The van der Waals surface area contributed by atoms with Gasteiger partial charge >= 0.3 is 11.8 Å². The van der Waals surface area contributed by atoms with E-state index in [0.29, 0.717) is 24.4 Å². The van der Waals surface area contributed by atoms with E-state index in [1.807, 2.05) is 0 Å². The number of hydrogen-bond donors (Lipinski definition) is 2. The maximum atomic E-state index is 11.7. The Bertz CT molecular complexity index is 476. The Morgan fingerprint density at radius 1 is 1.30 bits per heavy atom. The van der Waals surface area contributed by atoms with Crippen molar-refractivity contribution >= 4 is 29.8 Å². The smallest absolute Gasteiger partial charge is 0.318 e. The summed E-state index contributed by atoms with van der Waals surface area (Å²) in [6, 6.07) is 6.84. The molecule has 0 aromatic heterocycles. The molecule has 0 aliphatic carbocycles. The third kappa shape index (κ3) is 4.99. The van der Waals surface area contributed by atoms with E-state index in [2.05, 4.69) is 5.32 Å². The largest absolute Gasteiger partial charge is 0.344 e. The van der Waals surface area contributed by atoms with Crippen molar-refractivity contribution in [2.45, 2.75) is 13.0 Å². The van der Waals surface area contributed by atoms with Crippen molar-refractivity contribution in [3.63, 3.8) is 0 Å². The summed E-state index contributed by atoms with van der Waals surface area (Å²) in [5.74, 6) is -1.72. The minimum atomic E-state index is -0.887. The van der Waals surface area contributed by atoms with Gasteiger partial charge in [-0.05, 0) is 30.7 Å². The summed E-state index contributed by atoms with van der Waals surface area (Å²) < 4.78 is 0. The monoisotopic (exact) mass is 297 g/mol. The summed E-state index contributed by atoms with van der Waals surface area (Å²) in [4.78, 5) is 34.9. The molecule has 108 valence electrons. The number of rotatable bonds is 6. The highest BCUT2D eigenvalue weighted by Crippen LogP contribution is 2.09. The Kier molecular flexibility index (Phi) is 6.69. The van der Waals surface area contributed by atoms with Crippen molar-refractivity contribution < 1.29 is 14.4 Å². The molecule has 0 aliphatic heterocycles. The van der Waals surface area contributed by atoms with Crippen molar-refractivity contribution in [3.05, 3.63) is 34.9 Å². The first-order valence-corrected chi connectivity index (χ1v) is 6.45. The average Bonchev–Trinajstić information content (AvgIpc) is 2.46. The van der Waals surface area contributed by atoms with Gasteiger partial charge in [-0.15, -0.1) is 0 Å². The van der Waals surface area contributed by atoms with Crippen LogP contribution < -0.4 is 11.1 Å². The molecule has 0 aliphatic rings. The summed E-state index contributed by atoms with van der Waals surface area (Å²) in [6.45, 7) is 0.655. The number of nitrogens with zero attached hydrogens (tertiary/aromatic N) is 1. The number of halogens is 1. The molecule has 0 radical (unpaired) electrons. The van der Waals surface area contributed by atoms with Crippen LogP contribution in [0.25, 0.3) is 0 Å². The number of benzene rings is 1. The van der Waals surface area contributed by atoms with Crippen LogP contribution >= 0.6 is 11.6 Å². The van der Waals surface area contributed by atoms with Gasteiger partial charge in [0, 0.05) is 18.1 Å². The van der Waals surface area contributed by atoms with Gasteiger partial charge in [0.25, 0.3) is 0 Å². The van der Waals surface area contributed by atoms with Crippen LogP contribution in [0.4, 0.5) is 0 Å². The molecule has 0 heterocycles. The number of carbonyl (C=O) groups is 3. The van der Waals surface area contributed by atoms with Gasteiger partial charge in [0.2, 0.25) is 6.41 Å². The quantitative estimate of drug-likeness (QED) is 0.583. The first-order chi connectivity index (χ1) is 9.58. The maximum Gasteiger partial charge on any atom is 0.318 e. The molecule has 3 amide bonds. The van der Waals surface area contributed by atoms with Crippen LogP contribution in [0.15, 0.2) is 24.3 Å². The Hall–Kier alpha value is -1.92. The summed E-state index contributed by atoms with van der Waals surface area (Å²) in [5.41, 5.74) is 6.09. The van der Waals surface area contributed by atoms with Crippen molar-refractivity contribution in [3.8, 4) is 0 Å². The van der Waals surface area contributed by atoms with E-state index < -0.39 is 11.8 Å². The molecule has 20 heavy (non-hydrogen) atoms. The second kappa shape index (κ2) is 8.29. The molecule has 0 spiro atoms. The highest BCUT2D eigenvalue weighted by molar-refractivity contribution is 6.36. The van der Waals surface area contributed by atoms with Crippen LogP contribution in [0, 0.1) is 0 Å². The number of hydrogen-bond acceptors (Lipinski definition) is 4. The van der Waals surface area contributed by atoms with Crippen molar-refractivity contribution in [1.82, 2.24) is 10.2 Å². The molecule has 3 N–H and O–H groups in total. The molecule has 0 saturated carbocycles. The van der Waals surface area contributed by atoms with Crippen LogP contribution in [-0.4, -0.2) is 36.2 Å². The normalized spacial score (nSPS) is 9.90. The number of imide groups is 1. The molecule has 0 unspecified atom stereocenters. The first-order valence-electron chi connectivity index (χ1n) is 6.07. The number of nitrogens with one attached hydrogen (secondary N) is 1. The van der Waals surface area contributed by atoms with E-state index in [0.717, 1.165) is 10.5 Å². The van der Waals surface area contributed by atoms with E-state index in [1.54, 1.807) is 24.3 Å². The van der Waals surface area contributed by atoms with Gasteiger partial charge in [0.15, 0.2) is 0 Å².